The van der Waals surface area contributed by atoms with Crippen molar-refractivity contribution in [2.75, 3.05) is 33.3 Å². The molecule has 10 nitrogen and oxygen atoms in total. The van der Waals surface area contributed by atoms with Crippen molar-refractivity contribution in [1.82, 2.24) is 20.9 Å². The summed E-state index contributed by atoms with van der Waals surface area (Å²) in [5.74, 6) is -1.32. The van der Waals surface area contributed by atoms with E-state index in [1.54, 1.807) is 0 Å². The fourth-order valence-electron chi connectivity index (χ4n) is 2.98. The predicted octanol–water partition coefficient (Wildman–Crippen LogP) is 1.57. The normalized spacial score (nSPS) is 20.0. The molecule has 2 fully saturated rings. The summed E-state index contributed by atoms with van der Waals surface area (Å²) in [6, 6.07) is 1.38. The summed E-state index contributed by atoms with van der Waals surface area (Å²) in [6.45, 7) is 6.54. The maximum atomic E-state index is 12.3. The number of hydrogen-bond donors (Lipinski definition) is 3. The molecule has 3 N–H and O–H groups in total. The van der Waals surface area contributed by atoms with Gasteiger partial charge in [0.15, 0.2) is 0 Å². The highest BCUT2D eigenvalue weighted by atomic mass is 19.4. The molecular weight excluding hydrogens is 459 g/mol. The summed E-state index contributed by atoms with van der Waals surface area (Å²) < 4.78 is 41.3. The number of carbonyl (C=O) groups is 4. The van der Waals surface area contributed by atoms with E-state index in [2.05, 4.69) is 41.5 Å². The van der Waals surface area contributed by atoms with Crippen molar-refractivity contribution in [3.05, 3.63) is 0 Å². The van der Waals surface area contributed by atoms with Crippen LogP contribution in [0.15, 0.2) is 0 Å². The fourth-order valence-corrected chi connectivity index (χ4v) is 2.98. The Bertz CT molecular complexity index is 709. The average molecular weight is 494 g/mol. The van der Waals surface area contributed by atoms with Gasteiger partial charge in [0.05, 0.1) is 19.1 Å². The number of likely N-dealkylation sites (tertiary alicyclic amines) is 1. The molecule has 2 saturated heterocycles. The lowest BCUT2D eigenvalue weighted by Gasteiger charge is -2.17. The molecule has 4 amide bonds. The minimum Gasteiger partial charge on any atom is -0.453 e. The molecule has 194 valence electrons. The van der Waals surface area contributed by atoms with Gasteiger partial charge in [0, 0.05) is 25.6 Å². The number of hydrogen-bond acceptors (Lipinski definition) is 6. The molecule has 0 aliphatic carbocycles. The third-order valence-electron chi connectivity index (χ3n) is 4.68. The van der Waals surface area contributed by atoms with Gasteiger partial charge in [-0.05, 0) is 25.2 Å². The molecule has 0 bridgehead atoms. The Morgan fingerprint density at radius 2 is 1.94 bits per heavy atom. The summed E-state index contributed by atoms with van der Waals surface area (Å²) in [7, 11) is 1.13. The van der Waals surface area contributed by atoms with Gasteiger partial charge < -0.3 is 25.6 Å². The van der Waals surface area contributed by atoms with Gasteiger partial charge in [0.25, 0.3) is 0 Å². The van der Waals surface area contributed by atoms with E-state index in [0.29, 0.717) is 19.4 Å². The third-order valence-corrected chi connectivity index (χ3v) is 4.68. The van der Waals surface area contributed by atoms with Crippen molar-refractivity contribution < 1.29 is 37.1 Å². The molecule has 0 radical (unpaired) electrons. The maximum absolute atomic E-state index is 12.3. The molecule has 13 heteroatoms. The van der Waals surface area contributed by atoms with Crippen molar-refractivity contribution in [3.8, 4) is 6.07 Å². The van der Waals surface area contributed by atoms with Crippen LogP contribution in [0.2, 0.25) is 0 Å². The number of nitrogens with zero attached hydrogens (tertiary/aromatic N) is 2. The van der Waals surface area contributed by atoms with Crippen molar-refractivity contribution in [1.29, 1.82) is 5.26 Å². The van der Waals surface area contributed by atoms with E-state index in [-0.39, 0.29) is 37.9 Å². The van der Waals surface area contributed by atoms with Crippen LogP contribution in [0, 0.1) is 29.1 Å². The third kappa shape index (κ3) is 12.9. The van der Waals surface area contributed by atoms with Crippen LogP contribution in [0.25, 0.3) is 0 Å². The van der Waals surface area contributed by atoms with Gasteiger partial charge in [-0.1, -0.05) is 20.8 Å². The Morgan fingerprint density at radius 1 is 1.32 bits per heavy atom. The first-order chi connectivity index (χ1) is 15.8. The van der Waals surface area contributed by atoms with Crippen LogP contribution >= 0.6 is 0 Å². The Hall–Kier alpha value is -3.04. The van der Waals surface area contributed by atoms with Gasteiger partial charge in [-0.15, -0.1) is 0 Å². The van der Waals surface area contributed by atoms with Gasteiger partial charge in [-0.2, -0.15) is 18.4 Å². The van der Waals surface area contributed by atoms with Crippen LogP contribution in [-0.4, -0.2) is 74.7 Å². The van der Waals surface area contributed by atoms with E-state index in [1.807, 2.05) is 6.07 Å². The topological polar surface area (TPSA) is 141 Å². The van der Waals surface area contributed by atoms with Crippen LogP contribution in [0.3, 0.4) is 0 Å². The Balaban J connectivity index is 0.000000567. The van der Waals surface area contributed by atoms with Crippen LogP contribution in [0.5, 0.6) is 0 Å². The monoisotopic (exact) mass is 493 g/mol. The number of alkyl halides is 3. The van der Waals surface area contributed by atoms with Crippen molar-refractivity contribution >= 4 is 24.3 Å². The molecule has 2 rings (SSSR count). The van der Waals surface area contributed by atoms with Gasteiger partial charge >= 0.3 is 12.3 Å². The first-order valence-corrected chi connectivity index (χ1v) is 10.9. The van der Waals surface area contributed by atoms with Crippen molar-refractivity contribution in [2.24, 2.45) is 17.8 Å². The molecule has 0 spiro atoms. The molecule has 0 aromatic carbocycles. The van der Waals surface area contributed by atoms with Gasteiger partial charge in [-0.3, -0.25) is 14.4 Å². The van der Waals surface area contributed by atoms with E-state index in [4.69, 9.17) is 5.26 Å². The van der Waals surface area contributed by atoms with Crippen LogP contribution < -0.4 is 16.0 Å². The van der Waals surface area contributed by atoms with Crippen molar-refractivity contribution in [3.63, 3.8) is 0 Å². The predicted molar refractivity (Wildman–Crippen MR) is 116 cm³/mol. The Labute approximate surface area is 197 Å². The van der Waals surface area contributed by atoms with Crippen molar-refractivity contribution in [2.45, 2.75) is 52.3 Å². The lowest BCUT2D eigenvalue weighted by molar-refractivity contribution is -0.171. The first kappa shape index (κ1) is 31.0. The highest BCUT2D eigenvalue weighted by Gasteiger charge is 2.44. The minimum absolute atomic E-state index is 0.0204. The smallest absolute Gasteiger partial charge is 0.407 e. The number of methoxy groups -OCH3 is 1. The number of rotatable bonds is 6. The zero-order chi connectivity index (χ0) is 26.3. The zero-order valence-corrected chi connectivity index (χ0v) is 19.9. The SMILES string of the molecule is CC(C)C.COC(=O)NCC(=O)N1CC[C@@H](C(F)(F)F)C1.N#C[C@H](C[C@@H]1CCNC1=O)NC=O. The highest BCUT2D eigenvalue weighted by Crippen LogP contribution is 2.33. The molecule has 3 atom stereocenters. The largest absolute Gasteiger partial charge is 0.453 e. The Morgan fingerprint density at radius 3 is 2.35 bits per heavy atom. The zero-order valence-electron chi connectivity index (χ0n) is 19.9. The van der Waals surface area contributed by atoms with E-state index < -0.39 is 30.1 Å². The quantitative estimate of drug-likeness (QED) is 0.480. The fraction of sp³-hybridized carbons (Fsp3) is 0.762. The van der Waals surface area contributed by atoms with E-state index in [0.717, 1.165) is 24.3 Å². The molecule has 2 aliphatic rings. The second kappa shape index (κ2) is 15.7. The first-order valence-electron chi connectivity index (χ1n) is 10.9. The molecule has 0 aromatic rings. The van der Waals surface area contributed by atoms with Crippen LogP contribution in [0.1, 0.15) is 40.0 Å². The number of halogens is 3. The summed E-state index contributed by atoms with van der Waals surface area (Å²) in [5.41, 5.74) is 0. The number of ether oxygens (including phenoxy) is 1. The number of nitrogens with one attached hydrogen (secondary N) is 3. The van der Waals surface area contributed by atoms with E-state index in [1.165, 1.54) is 0 Å². The van der Waals surface area contributed by atoms with Gasteiger partial charge in [0.2, 0.25) is 18.2 Å². The highest BCUT2D eigenvalue weighted by molar-refractivity contribution is 5.82. The second-order valence-electron chi connectivity index (χ2n) is 8.42. The number of nitriles is 1. The van der Waals surface area contributed by atoms with Gasteiger partial charge in [0.1, 0.15) is 12.6 Å². The maximum Gasteiger partial charge on any atom is 0.407 e. The molecule has 0 saturated carbocycles. The summed E-state index contributed by atoms with van der Waals surface area (Å²) in [4.78, 5) is 44.3. The summed E-state index contributed by atoms with van der Waals surface area (Å²) >= 11 is 0. The number of amides is 4. The standard InChI is InChI=1S/C9H13F3N2O3.C8H11N3O2.C4H10/c1-17-8(16)13-4-7(15)14-3-2-6(5-14)9(10,11)12;9-4-7(11-5-12)3-6-1-2-10-8(6)13;1-4(2)3/h6H,2-5H2,1H3,(H,13,16);5-7H,1-3H2,(H,10,13)(H,11,12);4H,1-3H3/t6-;6-,7-;/m10./s1. The molecule has 2 aliphatic heterocycles. The number of carbonyl (C=O) groups excluding carboxylic acids is 4. The minimum atomic E-state index is -4.27. The molecule has 0 unspecified atom stereocenters. The molecule has 34 heavy (non-hydrogen) atoms. The summed E-state index contributed by atoms with van der Waals surface area (Å²) in [5, 5.41) is 15.8. The molecule has 2 heterocycles. The van der Waals surface area contributed by atoms with Crippen LogP contribution in [0.4, 0.5) is 18.0 Å². The summed E-state index contributed by atoms with van der Waals surface area (Å²) in [6.07, 6.45) is -3.51. The lowest BCUT2D eigenvalue weighted by atomic mass is 9.99. The van der Waals surface area contributed by atoms with E-state index >= 15 is 0 Å². The molecular formula is C21H34F3N5O5. The van der Waals surface area contributed by atoms with Gasteiger partial charge in [-0.25, -0.2) is 4.79 Å². The molecule has 0 aromatic heterocycles. The lowest BCUT2D eigenvalue weighted by Crippen LogP contribution is -2.39. The second-order valence-corrected chi connectivity index (χ2v) is 8.42. The average Bonchev–Trinajstić information content (AvgIpc) is 3.41. The number of alkyl carbamates (subject to hydrolysis) is 1. The van der Waals surface area contributed by atoms with Crippen LogP contribution in [-0.2, 0) is 19.1 Å². The Kier molecular flexibility index (Phi) is 14.3. The van der Waals surface area contributed by atoms with E-state index in [9.17, 15) is 32.3 Å².